The maximum atomic E-state index is 12.2. The molecule has 0 heterocycles. The Morgan fingerprint density at radius 1 is 1.09 bits per heavy atom. The van der Waals surface area contributed by atoms with E-state index in [1.54, 1.807) is 55.6 Å². The Hall–Kier alpha value is -2.05. The Labute approximate surface area is 140 Å². The summed E-state index contributed by atoms with van der Waals surface area (Å²) in [4.78, 5) is 11.3. The molecule has 2 rings (SSSR count). The lowest BCUT2D eigenvalue weighted by atomic mass is 10.1. The second-order valence-electron chi connectivity index (χ2n) is 5.04. The first-order valence-electron chi connectivity index (χ1n) is 6.92. The summed E-state index contributed by atoms with van der Waals surface area (Å²) in [7, 11) is -1.96. The fourth-order valence-corrected chi connectivity index (χ4v) is 3.42. The van der Waals surface area contributed by atoms with E-state index in [2.05, 4.69) is 10.0 Å². The molecule has 0 saturated carbocycles. The summed E-state index contributed by atoms with van der Waals surface area (Å²) in [6, 6.07) is 13.4. The molecular weight excluding hydrogens is 336 g/mol. The zero-order valence-corrected chi connectivity index (χ0v) is 14.1. The number of likely N-dealkylation sites (N-methyl/N-ethyl adjacent to an activating group) is 1. The number of amides is 1. The van der Waals surface area contributed by atoms with Gasteiger partial charge in [0.15, 0.2) is 0 Å². The zero-order valence-electron chi connectivity index (χ0n) is 12.5. The minimum absolute atomic E-state index is 0.0979. The van der Waals surface area contributed by atoms with Crippen molar-refractivity contribution in [2.24, 2.45) is 0 Å². The predicted octanol–water partition coefficient (Wildman–Crippen LogP) is 2.57. The quantitative estimate of drug-likeness (QED) is 0.839. The molecule has 0 aliphatic carbocycles. The van der Waals surface area contributed by atoms with Crippen molar-refractivity contribution in [2.45, 2.75) is 12.2 Å². The smallest absolute Gasteiger partial charge is 0.236 e. The summed E-state index contributed by atoms with van der Waals surface area (Å²) in [6.45, 7) is 0. The van der Waals surface area contributed by atoms with Crippen molar-refractivity contribution in [2.75, 3.05) is 11.8 Å². The third kappa shape index (κ3) is 5.58. The van der Waals surface area contributed by atoms with Crippen LogP contribution in [0, 0.1) is 0 Å². The Morgan fingerprint density at radius 3 is 2.39 bits per heavy atom. The number of hydrogen-bond donors (Lipinski definition) is 2. The zero-order chi connectivity index (χ0) is 16.9. The van der Waals surface area contributed by atoms with Gasteiger partial charge in [0.05, 0.1) is 12.2 Å². The van der Waals surface area contributed by atoms with E-state index in [1.807, 2.05) is 0 Å². The molecule has 0 aromatic heterocycles. The number of hydrogen-bond acceptors (Lipinski definition) is 3. The number of carbonyl (C=O) groups excluding carboxylic acids is 1. The van der Waals surface area contributed by atoms with Crippen LogP contribution in [0.1, 0.15) is 11.1 Å². The Morgan fingerprint density at radius 2 is 1.78 bits per heavy atom. The van der Waals surface area contributed by atoms with Crippen LogP contribution in [-0.2, 0) is 27.0 Å². The van der Waals surface area contributed by atoms with Crippen LogP contribution in [0.4, 0.5) is 5.69 Å². The molecule has 1 amide bonds. The van der Waals surface area contributed by atoms with Crippen LogP contribution in [0.25, 0.3) is 0 Å². The van der Waals surface area contributed by atoms with Crippen molar-refractivity contribution in [3.05, 3.63) is 64.7 Å². The van der Waals surface area contributed by atoms with Crippen LogP contribution >= 0.6 is 11.6 Å². The van der Waals surface area contributed by atoms with Gasteiger partial charge in [-0.05, 0) is 35.4 Å². The fraction of sp³-hybridized carbons (Fsp3) is 0.188. The van der Waals surface area contributed by atoms with E-state index >= 15 is 0 Å². The SMILES string of the molecule is CNC(=O)Cc1ccc(NS(=O)(=O)Cc2cccc(Cl)c2)cc1. The van der Waals surface area contributed by atoms with Crippen LogP contribution in [0.3, 0.4) is 0 Å². The van der Waals surface area contributed by atoms with E-state index in [0.29, 0.717) is 16.3 Å². The Kier molecular flexibility index (Phi) is 5.63. The Balaban J connectivity index is 2.04. The number of benzene rings is 2. The molecule has 2 N–H and O–H groups in total. The van der Waals surface area contributed by atoms with Gasteiger partial charge in [-0.15, -0.1) is 0 Å². The van der Waals surface area contributed by atoms with Crippen molar-refractivity contribution >= 4 is 33.2 Å². The highest BCUT2D eigenvalue weighted by molar-refractivity contribution is 7.91. The lowest BCUT2D eigenvalue weighted by molar-refractivity contribution is -0.119. The van der Waals surface area contributed by atoms with E-state index in [1.165, 1.54) is 0 Å². The topological polar surface area (TPSA) is 75.3 Å². The van der Waals surface area contributed by atoms with E-state index < -0.39 is 10.0 Å². The van der Waals surface area contributed by atoms with Crippen molar-refractivity contribution in [3.8, 4) is 0 Å². The van der Waals surface area contributed by atoms with Gasteiger partial charge in [-0.3, -0.25) is 9.52 Å². The first-order chi connectivity index (χ1) is 10.9. The summed E-state index contributed by atoms with van der Waals surface area (Å²) >= 11 is 5.86. The third-order valence-electron chi connectivity index (χ3n) is 3.12. The number of sulfonamides is 1. The first kappa shape index (κ1) is 17.3. The van der Waals surface area contributed by atoms with E-state index in [4.69, 9.17) is 11.6 Å². The summed E-state index contributed by atoms with van der Waals surface area (Å²) in [5.74, 6) is -0.257. The maximum Gasteiger partial charge on any atom is 0.236 e. The summed E-state index contributed by atoms with van der Waals surface area (Å²) in [5, 5.41) is 3.03. The summed E-state index contributed by atoms with van der Waals surface area (Å²) in [6.07, 6.45) is 0.256. The van der Waals surface area contributed by atoms with Gasteiger partial charge < -0.3 is 5.32 Å². The number of nitrogens with one attached hydrogen (secondary N) is 2. The molecule has 5 nitrogen and oxygen atoms in total. The van der Waals surface area contributed by atoms with Crippen LogP contribution in [-0.4, -0.2) is 21.4 Å². The van der Waals surface area contributed by atoms with Gasteiger partial charge in [0.25, 0.3) is 0 Å². The molecule has 0 atom stereocenters. The maximum absolute atomic E-state index is 12.2. The third-order valence-corrected chi connectivity index (χ3v) is 4.61. The van der Waals surface area contributed by atoms with Crippen LogP contribution in [0.2, 0.25) is 5.02 Å². The molecule has 122 valence electrons. The highest BCUT2D eigenvalue weighted by Gasteiger charge is 2.12. The van der Waals surface area contributed by atoms with Crippen LogP contribution in [0.5, 0.6) is 0 Å². The molecule has 7 heteroatoms. The van der Waals surface area contributed by atoms with E-state index in [0.717, 1.165) is 5.56 Å². The number of carbonyl (C=O) groups is 1. The average molecular weight is 353 g/mol. The molecule has 0 fully saturated rings. The molecule has 0 unspecified atom stereocenters. The van der Waals surface area contributed by atoms with Crippen molar-refractivity contribution in [1.29, 1.82) is 0 Å². The molecule has 2 aromatic carbocycles. The average Bonchev–Trinajstić information content (AvgIpc) is 2.48. The first-order valence-corrected chi connectivity index (χ1v) is 8.95. The van der Waals surface area contributed by atoms with Crippen molar-refractivity contribution < 1.29 is 13.2 Å². The van der Waals surface area contributed by atoms with Gasteiger partial charge in [0.2, 0.25) is 15.9 Å². The second kappa shape index (κ2) is 7.48. The normalized spacial score (nSPS) is 11.0. The van der Waals surface area contributed by atoms with Crippen LogP contribution in [0.15, 0.2) is 48.5 Å². The molecule has 23 heavy (non-hydrogen) atoms. The van der Waals surface area contributed by atoms with Gasteiger partial charge in [-0.1, -0.05) is 35.9 Å². The van der Waals surface area contributed by atoms with Crippen molar-refractivity contribution in [3.63, 3.8) is 0 Å². The molecule has 0 spiro atoms. The van der Waals surface area contributed by atoms with E-state index in [-0.39, 0.29) is 18.1 Å². The molecule has 0 radical (unpaired) electrons. The fourth-order valence-electron chi connectivity index (χ4n) is 2.03. The van der Waals surface area contributed by atoms with Gasteiger partial charge in [0.1, 0.15) is 0 Å². The minimum atomic E-state index is -3.53. The molecule has 0 aliphatic rings. The standard InChI is InChI=1S/C16H17ClN2O3S/c1-18-16(20)10-12-5-7-15(8-6-12)19-23(21,22)11-13-3-2-4-14(17)9-13/h2-9,19H,10-11H2,1H3,(H,18,20). The predicted molar refractivity (Wildman–Crippen MR) is 91.9 cm³/mol. The van der Waals surface area contributed by atoms with Gasteiger partial charge >= 0.3 is 0 Å². The molecular formula is C16H17ClN2O3S. The largest absolute Gasteiger partial charge is 0.359 e. The van der Waals surface area contributed by atoms with Gasteiger partial charge in [0, 0.05) is 17.8 Å². The molecule has 0 bridgehead atoms. The van der Waals surface area contributed by atoms with Gasteiger partial charge in [-0.2, -0.15) is 0 Å². The highest BCUT2D eigenvalue weighted by Crippen LogP contribution is 2.16. The second-order valence-corrected chi connectivity index (χ2v) is 7.20. The van der Waals surface area contributed by atoms with E-state index in [9.17, 15) is 13.2 Å². The Bertz CT molecular complexity index is 789. The number of rotatable bonds is 6. The molecule has 0 aliphatic heterocycles. The minimum Gasteiger partial charge on any atom is -0.359 e. The highest BCUT2D eigenvalue weighted by atomic mass is 35.5. The lowest BCUT2D eigenvalue weighted by Gasteiger charge is -2.09. The molecule has 0 saturated heterocycles. The van der Waals surface area contributed by atoms with Crippen LogP contribution < -0.4 is 10.0 Å². The lowest BCUT2D eigenvalue weighted by Crippen LogP contribution is -2.20. The number of halogens is 1. The summed E-state index contributed by atoms with van der Waals surface area (Å²) < 4.78 is 26.9. The number of anilines is 1. The molecule has 2 aromatic rings. The monoisotopic (exact) mass is 352 g/mol. The van der Waals surface area contributed by atoms with Crippen molar-refractivity contribution in [1.82, 2.24) is 5.32 Å². The van der Waals surface area contributed by atoms with Gasteiger partial charge in [-0.25, -0.2) is 8.42 Å². The summed E-state index contributed by atoms with van der Waals surface area (Å²) in [5.41, 5.74) is 1.87.